The molecule has 0 bridgehead atoms. The van der Waals surface area contributed by atoms with Crippen LogP contribution in [0.2, 0.25) is 0 Å². The van der Waals surface area contributed by atoms with Gasteiger partial charge in [0.05, 0.1) is 10.9 Å². The third-order valence-electron chi connectivity index (χ3n) is 7.15. The fraction of sp³-hybridized carbons (Fsp3) is 0.500. The van der Waals surface area contributed by atoms with Crippen LogP contribution in [-0.4, -0.2) is 26.4 Å². The Bertz CT molecular complexity index is 1110. The maximum atomic E-state index is 13.1. The molecule has 2 aliphatic rings. The number of halogens is 1. The molecule has 8 heteroatoms. The minimum absolute atomic E-state index is 0.0364. The second-order valence-corrected chi connectivity index (χ2v) is 11.3. The molecular formula is C26H34FN3O3S. The van der Waals surface area contributed by atoms with Crippen molar-refractivity contribution in [3.05, 3.63) is 59.4 Å². The lowest BCUT2D eigenvalue weighted by molar-refractivity contribution is -0.126. The molecule has 1 fully saturated rings. The van der Waals surface area contributed by atoms with Gasteiger partial charge in [0.2, 0.25) is 15.9 Å². The fourth-order valence-electron chi connectivity index (χ4n) is 4.94. The monoisotopic (exact) mass is 487 g/mol. The van der Waals surface area contributed by atoms with E-state index in [4.69, 9.17) is 0 Å². The molecule has 34 heavy (non-hydrogen) atoms. The normalized spacial score (nSPS) is 23.4. The molecule has 4 rings (SSSR count). The Balaban J connectivity index is 1.30. The number of anilines is 1. The summed E-state index contributed by atoms with van der Waals surface area (Å²) in [5.41, 5.74) is 2.92. The van der Waals surface area contributed by atoms with Crippen LogP contribution in [0.5, 0.6) is 0 Å². The lowest BCUT2D eigenvalue weighted by Crippen LogP contribution is -2.41. The second kappa shape index (κ2) is 10.4. The molecule has 1 saturated carbocycles. The Morgan fingerprint density at radius 3 is 2.47 bits per heavy atom. The average Bonchev–Trinajstić information content (AvgIpc) is 2.83. The number of benzene rings is 2. The van der Waals surface area contributed by atoms with Crippen molar-refractivity contribution in [3.63, 3.8) is 0 Å². The van der Waals surface area contributed by atoms with E-state index in [2.05, 4.69) is 22.3 Å². The maximum absolute atomic E-state index is 13.1. The van der Waals surface area contributed by atoms with Gasteiger partial charge in [-0.25, -0.2) is 17.5 Å². The molecule has 1 aliphatic carbocycles. The van der Waals surface area contributed by atoms with Crippen LogP contribution < -0.4 is 15.4 Å². The van der Waals surface area contributed by atoms with Gasteiger partial charge in [0.25, 0.3) is 0 Å². The van der Waals surface area contributed by atoms with Crippen molar-refractivity contribution in [1.82, 2.24) is 10.0 Å². The molecule has 0 saturated heterocycles. The van der Waals surface area contributed by atoms with Gasteiger partial charge in [0, 0.05) is 23.7 Å². The summed E-state index contributed by atoms with van der Waals surface area (Å²) >= 11 is 0. The Kier molecular flexibility index (Phi) is 7.57. The predicted octanol–water partition coefficient (Wildman–Crippen LogP) is 4.68. The quantitative estimate of drug-likeness (QED) is 0.529. The Morgan fingerprint density at radius 1 is 1.09 bits per heavy atom. The summed E-state index contributed by atoms with van der Waals surface area (Å²) in [6, 6.07) is 11.5. The third-order valence-corrected chi connectivity index (χ3v) is 8.67. The first-order valence-corrected chi connectivity index (χ1v) is 13.7. The molecule has 2 atom stereocenters. The number of amides is 1. The summed E-state index contributed by atoms with van der Waals surface area (Å²) in [7, 11) is -3.62. The lowest BCUT2D eigenvalue weighted by Gasteiger charge is -2.29. The van der Waals surface area contributed by atoms with Gasteiger partial charge in [-0.2, -0.15) is 0 Å². The third kappa shape index (κ3) is 5.78. The van der Waals surface area contributed by atoms with Gasteiger partial charge in [0.1, 0.15) is 5.82 Å². The standard InChI is InChI=1S/C26H34FN3O3S/c1-3-22-11-8-20-16-24(14-15-25(20)29-22)34(32,33)30-23-12-6-19(7-13-23)26(31)28-17(2)18-4-9-21(27)10-5-18/h4-5,9-10,14-17,19,22-23,29-30H,3,6-8,11-13H2,1-2H3,(H,28,31)/t17-,19-,22+,23-/m1/s1. The van der Waals surface area contributed by atoms with Crippen LogP contribution in [0, 0.1) is 11.7 Å². The van der Waals surface area contributed by atoms with Crippen molar-refractivity contribution in [3.8, 4) is 0 Å². The number of hydrogen-bond acceptors (Lipinski definition) is 4. The zero-order chi connectivity index (χ0) is 24.3. The maximum Gasteiger partial charge on any atom is 0.240 e. The van der Waals surface area contributed by atoms with E-state index in [-0.39, 0.29) is 29.7 Å². The number of nitrogens with one attached hydrogen (secondary N) is 3. The molecule has 184 valence electrons. The Morgan fingerprint density at radius 2 is 1.79 bits per heavy atom. The first-order valence-electron chi connectivity index (χ1n) is 12.2. The number of carbonyl (C=O) groups is 1. The van der Waals surface area contributed by atoms with E-state index < -0.39 is 10.0 Å². The highest BCUT2D eigenvalue weighted by atomic mass is 32.2. The van der Waals surface area contributed by atoms with E-state index in [1.165, 1.54) is 12.1 Å². The van der Waals surface area contributed by atoms with Gasteiger partial charge in [-0.3, -0.25) is 4.79 Å². The number of fused-ring (bicyclic) bond motifs is 1. The van der Waals surface area contributed by atoms with E-state index in [9.17, 15) is 17.6 Å². The van der Waals surface area contributed by atoms with Crippen molar-refractivity contribution >= 4 is 21.6 Å². The van der Waals surface area contributed by atoms with Crippen molar-refractivity contribution in [2.45, 2.75) is 81.8 Å². The predicted molar refractivity (Wildman–Crippen MR) is 131 cm³/mol. The van der Waals surface area contributed by atoms with E-state index in [0.29, 0.717) is 36.6 Å². The Labute approximate surface area is 201 Å². The zero-order valence-electron chi connectivity index (χ0n) is 19.8. The fourth-order valence-corrected chi connectivity index (χ4v) is 6.30. The number of aryl methyl sites for hydroxylation is 1. The molecule has 0 radical (unpaired) electrons. The molecule has 1 amide bonds. The van der Waals surface area contributed by atoms with Crippen LogP contribution >= 0.6 is 0 Å². The van der Waals surface area contributed by atoms with Gasteiger partial charge in [0.15, 0.2) is 0 Å². The Hall–Kier alpha value is -2.45. The van der Waals surface area contributed by atoms with E-state index >= 15 is 0 Å². The average molecular weight is 488 g/mol. The highest BCUT2D eigenvalue weighted by Gasteiger charge is 2.30. The van der Waals surface area contributed by atoms with Gasteiger partial charge in [-0.05, 0) is 93.3 Å². The summed E-state index contributed by atoms with van der Waals surface area (Å²) in [6.07, 6.45) is 5.42. The van der Waals surface area contributed by atoms with Crippen LogP contribution in [0.4, 0.5) is 10.1 Å². The van der Waals surface area contributed by atoms with Gasteiger partial charge in [-0.1, -0.05) is 19.1 Å². The van der Waals surface area contributed by atoms with Gasteiger partial charge < -0.3 is 10.6 Å². The van der Waals surface area contributed by atoms with Crippen LogP contribution in [0.3, 0.4) is 0 Å². The highest BCUT2D eigenvalue weighted by Crippen LogP contribution is 2.30. The van der Waals surface area contributed by atoms with E-state index in [1.807, 2.05) is 13.0 Å². The molecule has 2 aromatic rings. The van der Waals surface area contributed by atoms with Crippen LogP contribution in [0.1, 0.15) is 69.5 Å². The van der Waals surface area contributed by atoms with Crippen LogP contribution in [0.15, 0.2) is 47.4 Å². The summed E-state index contributed by atoms with van der Waals surface area (Å²) in [4.78, 5) is 13.0. The summed E-state index contributed by atoms with van der Waals surface area (Å²) in [6.45, 7) is 4.03. The molecule has 2 aromatic carbocycles. The zero-order valence-corrected chi connectivity index (χ0v) is 20.6. The number of hydrogen-bond donors (Lipinski definition) is 3. The van der Waals surface area contributed by atoms with Crippen LogP contribution in [-0.2, 0) is 21.2 Å². The minimum atomic E-state index is -3.62. The molecule has 1 heterocycles. The first-order chi connectivity index (χ1) is 16.2. The van der Waals surface area contributed by atoms with E-state index in [1.54, 1.807) is 24.3 Å². The summed E-state index contributed by atoms with van der Waals surface area (Å²) in [5, 5.41) is 6.48. The molecule has 0 unspecified atom stereocenters. The minimum Gasteiger partial charge on any atom is -0.382 e. The molecule has 1 aliphatic heterocycles. The molecule has 0 spiro atoms. The van der Waals surface area contributed by atoms with Crippen molar-refractivity contribution < 1.29 is 17.6 Å². The number of rotatable bonds is 7. The molecule has 0 aromatic heterocycles. The van der Waals surface area contributed by atoms with E-state index in [0.717, 1.165) is 36.1 Å². The van der Waals surface area contributed by atoms with Crippen molar-refractivity contribution in [1.29, 1.82) is 0 Å². The SMILES string of the molecule is CC[C@H]1CCc2cc(S(=O)(=O)N[C@H]3CC[C@H](C(=O)N[C@H](C)c4ccc(F)cc4)CC3)ccc2N1. The number of sulfonamides is 1. The lowest BCUT2D eigenvalue weighted by atomic mass is 9.85. The van der Waals surface area contributed by atoms with Crippen molar-refractivity contribution in [2.75, 3.05) is 5.32 Å². The first kappa shape index (κ1) is 24.7. The smallest absolute Gasteiger partial charge is 0.240 e. The van der Waals surface area contributed by atoms with Crippen molar-refractivity contribution in [2.24, 2.45) is 5.92 Å². The largest absolute Gasteiger partial charge is 0.382 e. The number of carbonyl (C=O) groups excluding carboxylic acids is 1. The summed E-state index contributed by atoms with van der Waals surface area (Å²) in [5.74, 6) is -0.490. The topological polar surface area (TPSA) is 87.3 Å². The van der Waals surface area contributed by atoms with Gasteiger partial charge >= 0.3 is 0 Å². The highest BCUT2D eigenvalue weighted by molar-refractivity contribution is 7.89. The molecule has 6 nitrogen and oxygen atoms in total. The second-order valence-electron chi connectivity index (χ2n) is 9.56. The summed E-state index contributed by atoms with van der Waals surface area (Å²) < 4.78 is 42.0. The molecular weight excluding hydrogens is 453 g/mol. The molecule has 3 N–H and O–H groups in total. The van der Waals surface area contributed by atoms with Gasteiger partial charge in [-0.15, -0.1) is 0 Å². The van der Waals surface area contributed by atoms with Crippen LogP contribution in [0.25, 0.3) is 0 Å².